The van der Waals surface area contributed by atoms with Crippen LogP contribution in [0.2, 0.25) is 0 Å². The van der Waals surface area contributed by atoms with Gasteiger partial charge in [0, 0.05) is 12.7 Å². The van der Waals surface area contributed by atoms with Gasteiger partial charge in [0.1, 0.15) is 0 Å². The fourth-order valence-corrected chi connectivity index (χ4v) is 1.83. The van der Waals surface area contributed by atoms with Crippen molar-refractivity contribution in [1.29, 1.82) is 0 Å². The number of hydrogen-bond donors (Lipinski definition) is 2. The largest absolute Gasteiger partial charge is 0.478 e. The van der Waals surface area contributed by atoms with Crippen LogP contribution >= 0.6 is 0 Å². The quantitative estimate of drug-likeness (QED) is 0.882. The molecule has 0 aliphatic heterocycles. The minimum atomic E-state index is -0.954. The van der Waals surface area contributed by atoms with Crippen LogP contribution in [0.25, 0.3) is 0 Å². The fourth-order valence-electron chi connectivity index (χ4n) is 1.83. The van der Waals surface area contributed by atoms with Crippen molar-refractivity contribution in [2.24, 2.45) is 0 Å². The van der Waals surface area contributed by atoms with E-state index in [-0.39, 0.29) is 5.56 Å². The SMILES string of the molecule is Cc1ccc(CNc2cnccc2C(=O)O)cc1C. The molecule has 0 saturated heterocycles. The summed E-state index contributed by atoms with van der Waals surface area (Å²) in [6, 6.07) is 7.68. The molecule has 2 rings (SSSR count). The smallest absolute Gasteiger partial charge is 0.337 e. The van der Waals surface area contributed by atoms with Crippen LogP contribution in [0.1, 0.15) is 27.0 Å². The molecule has 1 aromatic carbocycles. The Morgan fingerprint density at radius 3 is 2.74 bits per heavy atom. The summed E-state index contributed by atoms with van der Waals surface area (Å²) in [5.41, 5.74) is 4.36. The molecule has 0 unspecified atom stereocenters. The average molecular weight is 256 g/mol. The number of rotatable bonds is 4. The van der Waals surface area contributed by atoms with Crippen LogP contribution in [0.4, 0.5) is 5.69 Å². The van der Waals surface area contributed by atoms with Crippen molar-refractivity contribution in [3.8, 4) is 0 Å². The van der Waals surface area contributed by atoms with Gasteiger partial charge in [-0.3, -0.25) is 4.98 Å². The second kappa shape index (κ2) is 5.52. The van der Waals surface area contributed by atoms with Crippen LogP contribution < -0.4 is 5.32 Å². The van der Waals surface area contributed by atoms with E-state index in [0.717, 1.165) is 5.56 Å². The van der Waals surface area contributed by atoms with Crippen LogP contribution in [0, 0.1) is 13.8 Å². The molecule has 4 heteroatoms. The first-order chi connectivity index (χ1) is 9.08. The molecule has 0 amide bonds. The predicted molar refractivity (Wildman–Crippen MR) is 74.4 cm³/mol. The van der Waals surface area contributed by atoms with Crippen molar-refractivity contribution in [2.75, 3.05) is 5.32 Å². The van der Waals surface area contributed by atoms with Gasteiger partial charge in [-0.15, -0.1) is 0 Å². The third-order valence-corrected chi connectivity index (χ3v) is 3.11. The normalized spacial score (nSPS) is 10.2. The number of nitrogens with one attached hydrogen (secondary N) is 1. The Morgan fingerprint density at radius 1 is 1.26 bits per heavy atom. The summed E-state index contributed by atoms with van der Waals surface area (Å²) >= 11 is 0. The lowest BCUT2D eigenvalue weighted by Crippen LogP contribution is -2.07. The Bertz CT molecular complexity index is 609. The van der Waals surface area contributed by atoms with Crippen LogP contribution in [0.15, 0.2) is 36.7 Å². The van der Waals surface area contributed by atoms with E-state index in [1.807, 2.05) is 6.07 Å². The lowest BCUT2D eigenvalue weighted by Gasteiger charge is -2.10. The van der Waals surface area contributed by atoms with Crippen molar-refractivity contribution in [3.05, 3.63) is 58.9 Å². The first kappa shape index (κ1) is 13.1. The zero-order valence-electron chi connectivity index (χ0n) is 11.0. The summed E-state index contributed by atoms with van der Waals surface area (Å²) in [5.74, 6) is -0.954. The number of pyridine rings is 1. The fraction of sp³-hybridized carbons (Fsp3) is 0.200. The Kier molecular flexibility index (Phi) is 3.80. The number of aromatic nitrogens is 1. The number of aromatic carboxylic acids is 1. The lowest BCUT2D eigenvalue weighted by atomic mass is 10.1. The first-order valence-corrected chi connectivity index (χ1v) is 6.05. The number of carboxylic acids is 1. The minimum absolute atomic E-state index is 0.235. The maximum absolute atomic E-state index is 11.1. The van der Waals surface area contributed by atoms with E-state index >= 15 is 0 Å². The molecule has 2 aromatic rings. The molecule has 19 heavy (non-hydrogen) atoms. The zero-order chi connectivity index (χ0) is 13.8. The van der Waals surface area contributed by atoms with Gasteiger partial charge in [-0.05, 0) is 36.6 Å². The molecule has 0 bridgehead atoms. The highest BCUT2D eigenvalue weighted by molar-refractivity contribution is 5.93. The average Bonchev–Trinajstić information content (AvgIpc) is 2.40. The van der Waals surface area contributed by atoms with Gasteiger partial charge >= 0.3 is 5.97 Å². The zero-order valence-corrected chi connectivity index (χ0v) is 11.0. The summed E-state index contributed by atoms with van der Waals surface area (Å²) in [4.78, 5) is 15.0. The molecule has 2 N–H and O–H groups in total. The summed E-state index contributed by atoms with van der Waals surface area (Å²) in [5, 5.41) is 12.2. The lowest BCUT2D eigenvalue weighted by molar-refractivity contribution is 0.0698. The standard InChI is InChI=1S/C15H16N2O2/c1-10-3-4-12(7-11(10)2)8-17-14-9-16-6-5-13(14)15(18)19/h3-7,9,17H,8H2,1-2H3,(H,18,19). The van der Waals surface area contributed by atoms with Gasteiger partial charge in [-0.1, -0.05) is 18.2 Å². The van der Waals surface area contributed by atoms with Gasteiger partial charge in [0.25, 0.3) is 0 Å². The minimum Gasteiger partial charge on any atom is -0.478 e. The number of carboxylic acid groups (broad SMARTS) is 1. The third kappa shape index (κ3) is 3.10. The van der Waals surface area contributed by atoms with Crippen molar-refractivity contribution in [2.45, 2.75) is 20.4 Å². The number of hydrogen-bond acceptors (Lipinski definition) is 3. The van der Waals surface area contributed by atoms with Crippen LogP contribution in [0.3, 0.4) is 0 Å². The van der Waals surface area contributed by atoms with Gasteiger partial charge in [-0.25, -0.2) is 4.79 Å². The summed E-state index contributed by atoms with van der Waals surface area (Å²) in [7, 11) is 0. The molecule has 0 aliphatic carbocycles. The van der Waals surface area contributed by atoms with Gasteiger partial charge in [-0.2, -0.15) is 0 Å². The molecule has 1 aromatic heterocycles. The third-order valence-electron chi connectivity index (χ3n) is 3.11. The topological polar surface area (TPSA) is 62.2 Å². The number of carbonyl (C=O) groups is 1. The highest BCUT2D eigenvalue weighted by Gasteiger charge is 2.09. The Labute approximate surface area is 112 Å². The van der Waals surface area contributed by atoms with Gasteiger partial charge in [0.05, 0.1) is 17.4 Å². The summed E-state index contributed by atoms with van der Waals surface area (Å²) in [6.07, 6.45) is 3.01. The maximum atomic E-state index is 11.1. The van der Waals surface area contributed by atoms with Gasteiger partial charge in [0.15, 0.2) is 0 Å². The Hall–Kier alpha value is -2.36. The number of benzene rings is 1. The van der Waals surface area contributed by atoms with E-state index in [0.29, 0.717) is 12.2 Å². The van der Waals surface area contributed by atoms with Crippen molar-refractivity contribution in [3.63, 3.8) is 0 Å². The highest BCUT2D eigenvalue weighted by Crippen LogP contribution is 2.16. The maximum Gasteiger partial charge on any atom is 0.337 e. The second-order valence-electron chi connectivity index (χ2n) is 4.50. The molecular formula is C15H16N2O2. The highest BCUT2D eigenvalue weighted by atomic mass is 16.4. The number of nitrogens with zero attached hydrogens (tertiary/aromatic N) is 1. The molecule has 1 heterocycles. The van der Waals surface area contributed by atoms with Crippen molar-refractivity contribution >= 4 is 11.7 Å². The van der Waals surface area contributed by atoms with Crippen molar-refractivity contribution < 1.29 is 9.90 Å². The van der Waals surface area contributed by atoms with E-state index in [1.54, 1.807) is 0 Å². The van der Waals surface area contributed by atoms with E-state index in [2.05, 4.69) is 36.3 Å². The molecule has 98 valence electrons. The van der Waals surface area contributed by atoms with Crippen LogP contribution in [-0.4, -0.2) is 16.1 Å². The second-order valence-corrected chi connectivity index (χ2v) is 4.50. The molecule has 0 radical (unpaired) electrons. The summed E-state index contributed by atoms with van der Waals surface area (Å²) < 4.78 is 0. The van der Waals surface area contributed by atoms with Crippen LogP contribution in [-0.2, 0) is 6.54 Å². The van der Waals surface area contributed by atoms with E-state index < -0.39 is 5.97 Å². The first-order valence-electron chi connectivity index (χ1n) is 6.05. The number of anilines is 1. The molecule has 0 atom stereocenters. The molecule has 4 nitrogen and oxygen atoms in total. The monoisotopic (exact) mass is 256 g/mol. The number of aryl methyl sites for hydroxylation is 2. The van der Waals surface area contributed by atoms with E-state index in [9.17, 15) is 4.79 Å². The molecule has 0 fully saturated rings. The van der Waals surface area contributed by atoms with Crippen LogP contribution in [0.5, 0.6) is 0 Å². The molecule has 0 spiro atoms. The molecule has 0 aliphatic rings. The molecule has 0 saturated carbocycles. The Balaban J connectivity index is 2.14. The van der Waals surface area contributed by atoms with E-state index in [1.165, 1.54) is 29.6 Å². The molecular weight excluding hydrogens is 240 g/mol. The summed E-state index contributed by atoms with van der Waals surface area (Å²) in [6.45, 7) is 4.70. The van der Waals surface area contributed by atoms with Crippen molar-refractivity contribution in [1.82, 2.24) is 4.98 Å². The van der Waals surface area contributed by atoms with Gasteiger partial charge < -0.3 is 10.4 Å². The van der Waals surface area contributed by atoms with E-state index in [4.69, 9.17) is 5.11 Å². The van der Waals surface area contributed by atoms with Gasteiger partial charge in [0.2, 0.25) is 0 Å². The predicted octanol–water partition coefficient (Wildman–Crippen LogP) is 3.01. The Morgan fingerprint density at radius 2 is 2.05 bits per heavy atom.